The number of carbonyl (C=O) groups is 1. The molecule has 0 radical (unpaired) electrons. The van der Waals surface area contributed by atoms with Crippen molar-refractivity contribution in [3.05, 3.63) is 52.6 Å². The van der Waals surface area contributed by atoms with Crippen molar-refractivity contribution in [2.24, 2.45) is 10.7 Å². The van der Waals surface area contributed by atoms with E-state index in [2.05, 4.69) is 20.4 Å². The van der Waals surface area contributed by atoms with Gasteiger partial charge in [-0.25, -0.2) is 4.39 Å². The van der Waals surface area contributed by atoms with E-state index in [0.29, 0.717) is 31.2 Å². The molecule has 3 N–H and O–H groups in total. The molecule has 1 atom stereocenters. The lowest BCUT2D eigenvalue weighted by molar-refractivity contribution is -0.123. The first-order chi connectivity index (χ1) is 16.9. The highest BCUT2D eigenvalue weighted by atomic mass is 35.5. The summed E-state index contributed by atoms with van der Waals surface area (Å²) in [7, 11) is 0.500. The van der Waals surface area contributed by atoms with Crippen LogP contribution in [0.4, 0.5) is 8.78 Å². The highest BCUT2D eigenvalue weighted by Crippen LogP contribution is 2.54. The number of aromatic nitrogens is 2. The van der Waals surface area contributed by atoms with E-state index in [1.807, 2.05) is 38.1 Å². The van der Waals surface area contributed by atoms with E-state index in [1.165, 1.54) is 13.0 Å². The van der Waals surface area contributed by atoms with E-state index in [4.69, 9.17) is 26.6 Å². The Labute approximate surface area is 209 Å². The highest BCUT2D eigenvalue weighted by Gasteiger charge is 2.51. The zero-order chi connectivity index (χ0) is 26.0. The van der Waals surface area contributed by atoms with Crippen molar-refractivity contribution in [2.45, 2.75) is 51.2 Å². The maximum atomic E-state index is 14.0. The topological polar surface area (TPSA) is 116 Å². The third kappa shape index (κ3) is 7.08. The summed E-state index contributed by atoms with van der Waals surface area (Å²) in [6.45, 7) is 6.05. The average Bonchev–Trinajstić information content (AvgIpc) is 3.49. The van der Waals surface area contributed by atoms with Crippen LogP contribution >= 0.6 is 11.6 Å². The molecule has 8 nitrogen and oxygen atoms in total. The average molecular weight is 512 g/mol. The fraction of sp³-hybridized carbons (Fsp3) is 0.500. The van der Waals surface area contributed by atoms with Crippen molar-refractivity contribution in [2.75, 3.05) is 26.9 Å². The van der Waals surface area contributed by atoms with Crippen LogP contribution in [0.5, 0.6) is 0 Å². The van der Waals surface area contributed by atoms with E-state index >= 15 is 0 Å². The lowest BCUT2D eigenvalue weighted by Crippen LogP contribution is -2.49. The van der Waals surface area contributed by atoms with Gasteiger partial charge in [-0.1, -0.05) is 48.8 Å². The second-order valence-corrected chi connectivity index (χ2v) is 8.15. The van der Waals surface area contributed by atoms with Crippen LogP contribution < -0.4 is 11.1 Å². The molecular formula is C24H32ClF2N5O3. The van der Waals surface area contributed by atoms with E-state index < -0.39 is 11.6 Å². The molecule has 2 aromatic rings. The predicted molar refractivity (Wildman–Crippen MR) is 132 cm³/mol. The van der Waals surface area contributed by atoms with Gasteiger partial charge in [0.05, 0.1) is 43.3 Å². The van der Waals surface area contributed by atoms with E-state index in [-0.39, 0.29) is 35.8 Å². The van der Waals surface area contributed by atoms with Crippen molar-refractivity contribution >= 4 is 28.9 Å². The van der Waals surface area contributed by atoms with Crippen molar-refractivity contribution in [1.82, 2.24) is 15.5 Å². The van der Waals surface area contributed by atoms with Crippen LogP contribution in [0.25, 0.3) is 5.70 Å². The molecule has 0 bridgehead atoms. The van der Waals surface area contributed by atoms with Gasteiger partial charge in [0.1, 0.15) is 12.7 Å². The monoisotopic (exact) mass is 511 g/mol. The molecule has 1 saturated carbocycles. The number of amides is 1. The third-order valence-electron chi connectivity index (χ3n) is 5.36. The van der Waals surface area contributed by atoms with Gasteiger partial charge < -0.3 is 20.3 Å². The summed E-state index contributed by atoms with van der Waals surface area (Å²) < 4.78 is 33.9. The second kappa shape index (κ2) is 13.3. The number of hydrogen-bond donors (Lipinski definition) is 2. The minimum Gasteiger partial charge on any atom is -0.394 e. The summed E-state index contributed by atoms with van der Waals surface area (Å²) in [5, 5.41) is 7.48. The smallest absolute Gasteiger partial charge is 0.273 e. The maximum absolute atomic E-state index is 14.0. The van der Waals surface area contributed by atoms with Crippen molar-refractivity contribution in [3.63, 3.8) is 0 Å². The summed E-state index contributed by atoms with van der Waals surface area (Å²) in [5.74, 6) is 0.243. The molecule has 1 amide bonds. The number of allylic oxidation sites excluding steroid dienone is 1. The molecule has 2 fully saturated rings. The van der Waals surface area contributed by atoms with Gasteiger partial charge in [-0.05, 0) is 37.5 Å². The number of nitrogens with two attached hydrogens (primary N) is 1. The molecule has 35 heavy (non-hydrogen) atoms. The first-order valence-electron chi connectivity index (χ1n) is 11.4. The molecule has 1 aliphatic heterocycles. The Hall–Kier alpha value is -2.85. The number of nitrogens with one attached hydrogen (secondary N) is 1. The van der Waals surface area contributed by atoms with E-state index in [1.54, 1.807) is 0 Å². The number of ether oxygens (including phenoxy) is 1. The fourth-order valence-electron chi connectivity index (χ4n) is 3.39. The molecule has 4 rings (SSSR count). The minimum atomic E-state index is -1.43. The first-order valence-corrected chi connectivity index (χ1v) is 11.8. The zero-order valence-corrected chi connectivity index (χ0v) is 21.1. The van der Waals surface area contributed by atoms with Gasteiger partial charge >= 0.3 is 0 Å². The van der Waals surface area contributed by atoms with Crippen LogP contribution in [0.15, 0.2) is 39.9 Å². The van der Waals surface area contributed by atoms with Crippen LogP contribution in [0, 0.1) is 0 Å². The molecule has 11 heteroatoms. The highest BCUT2D eigenvalue weighted by molar-refractivity contribution is 6.31. The molecule has 1 saturated heterocycles. The molecule has 0 spiro atoms. The molecule has 2 aliphatic rings. The summed E-state index contributed by atoms with van der Waals surface area (Å²) in [6.07, 6.45) is 1.57. The summed E-state index contributed by atoms with van der Waals surface area (Å²) in [5.41, 5.74) is 6.71. The van der Waals surface area contributed by atoms with E-state index in [0.717, 1.165) is 18.4 Å². The Morgan fingerprint density at radius 2 is 2.00 bits per heavy atom. The van der Waals surface area contributed by atoms with Crippen LogP contribution in [0.1, 0.15) is 50.9 Å². The molecule has 1 unspecified atom stereocenters. The maximum Gasteiger partial charge on any atom is 0.273 e. The number of aliphatic imine (C=N–C) groups is 1. The van der Waals surface area contributed by atoms with E-state index in [9.17, 15) is 13.6 Å². The number of halogens is 3. The lowest BCUT2D eigenvalue weighted by atomic mass is 9.95. The Morgan fingerprint density at radius 1 is 1.34 bits per heavy atom. The SMILES string of the molecule is CC.CC(F)C(/C=C(\N)c1nc(C2(c3ccccc3Cl)CC2)no1)=NCC(=O)NC1COC1.CF. The Kier molecular flexibility index (Phi) is 10.8. The Balaban J connectivity index is 0.00000103. The second-order valence-electron chi connectivity index (χ2n) is 7.74. The molecule has 1 aromatic heterocycles. The van der Waals surface area contributed by atoms with Gasteiger partial charge in [-0.2, -0.15) is 4.98 Å². The predicted octanol–water partition coefficient (Wildman–Crippen LogP) is 4.03. The quantitative estimate of drug-likeness (QED) is 0.517. The van der Waals surface area contributed by atoms with Crippen LogP contribution in [-0.2, 0) is 14.9 Å². The number of hydrogen-bond acceptors (Lipinski definition) is 7. The number of benzene rings is 1. The molecule has 1 aliphatic carbocycles. The molecule has 2 heterocycles. The van der Waals surface area contributed by atoms with Crippen molar-refractivity contribution < 1.29 is 22.8 Å². The normalized spacial score (nSPS) is 17.7. The van der Waals surface area contributed by atoms with Crippen molar-refractivity contribution in [1.29, 1.82) is 0 Å². The minimum absolute atomic E-state index is 0.0146. The third-order valence-corrected chi connectivity index (χ3v) is 5.69. The lowest BCUT2D eigenvalue weighted by Gasteiger charge is -2.26. The summed E-state index contributed by atoms with van der Waals surface area (Å²) in [6, 6.07) is 7.53. The largest absolute Gasteiger partial charge is 0.394 e. The van der Waals surface area contributed by atoms with Gasteiger partial charge in [-0.3, -0.25) is 14.2 Å². The Bertz CT molecular complexity index is 1030. The van der Waals surface area contributed by atoms with Crippen molar-refractivity contribution in [3.8, 4) is 0 Å². The van der Waals surface area contributed by atoms with Crippen LogP contribution in [-0.4, -0.2) is 60.9 Å². The van der Waals surface area contributed by atoms with Gasteiger partial charge in [0.15, 0.2) is 5.82 Å². The summed E-state index contributed by atoms with van der Waals surface area (Å²) >= 11 is 6.36. The molecule has 1 aromatic carbocycles. The molecular weight excluding hydrogens is 480 g/mol. The van der Waals surface area contributed by atoms with Crippen LogP contribution in [0.2, 0.25) is 5.02 Å². The van der Waals surface area contributed by atoms with Crippen LogP contribution in [0.3, 0.4) is 0 Å². The number of alkyl halides is 2. The van der Waals surface area contributed by atoms with Gasteiger partial charge in [0.2, 0.25) is 5.91 Å². The van der Waals surface area contributed by atoms with Gasteiger partial charge in [0, 0.05) is 5.02 Å². The number of carbonyl (C=O) groups excluding carboxylic acids is 1. The zero-order valence-electron chi connectivity index (χ0n) is 20.4. The Morgan fingerprint density at radius 3 is 2.54 bits per heavy atom. The first kappa shape index (κ1) is 28.4. The fourth-order valence-corrected chi connectivity index (χ4v) is 3.70. The number of rotatable bonds is 8. The number of nitrogens with zero attached hydrogens (tertiary/aromatic N) is 3. The summed E-state index contributed by atoms with van der Waals surface area (Å²) in [4.78, 5) is 20.4. The van der Waals surface area contributed by atoms with Gasteiger partial charge in [0.25, 0.3) is 5.89 Å². The molecule has 192 valence electrons. The standard InChI is InChI=1S/C21H23ClFN5O3.C2H6.CH3F/c1-12(23)17(25-9-18(29)26-13-10-30-11-13)8-16(24)19-27-20(28-31-19)21(6-7-21)14-4-2-3-5-15(14)22;2*1-2/h2-5,8,12-13H,6-7,9-11,24H2,1H3,(H,26,29);1-2H3;1H3/b16-8-,25-17?;;. The van der Waals surface area contributed by atoms with Gasteiger partial charge in [-0.15, -0.1) is 0 Å².